The molecular weight excluding hydrogens is 639 g/mol. The summed E-state index contributed by atoms with van der Waals surface area (Å²) in [5.41, 5.74) is 0. The van der Waals surface area contributed by atoms with Crippen molar-refractivity contribution in [2.75, 3.05) is 6.61 Å². The molecule has 0 fully saturated rings. The summed E-state index contributed by atoms with van der Waals surface area (Å²) in [6, 6.07) is -0.542. The minimum atomic E-state index is -0.664. The van der Waals surface area contributed by atoms with Gasteiger partial charge in [-0.2, -0.15) is 0 Å². The normalized spacial score (nSPS) is 13.8. The number of hydrogen-bond acceptors (Lipinski definition) is 3. The monoisotopic (exact) mass is 722 g/mol. The second kappa shape index (κ2) is 43.0. The van der Waals surface area contributed by atoms with Gasteiger partial charge in [-0.15, -0.1) is 0 Å². The van der Waals surface area contributed by atoms with Crippen molar-refractivity contribution >= 4 is 5.91 Å². The fourth-order valence-electron chi connectivity index (χ4n) is 6.10. The third kappa shape index (κ3) is 38.8. The molecule has 0 aliphatic heterocycles. The van der Waals surface area contributed by atoms with Crippen LogP contribution in [0.15, 0.2) is 85.1 Å². The minimum Gasteiger partial charge on any atom is -0.394 e. The number of hydrogen-bond donors (Lipinski definition) is 3. The van der Waals surface area contributed by atoms with Crippen LogP contribution >= 0.6 is 0 Å². The van der Waals surface area contributed by atoms with Crippen LogP contribution in [0.4, 0.5) is 0 Å². The highest BCUT2D eigenvalue weighted by molar-refractivity contribution is 5.76. The summed E-state index contributed by atoms with van der Waals surface area (Å²) >= 11 is 0. The smallest absolute Gasteiger partial charge is 0.220 e. The molecule has 0 radical (unpaired) electrons. The second-order valence-corrected chi connectivity index (χ2v) is 14.4. The van der Waals surface area contributed by atoms with E-state index >= 15 is 0 Å². The number of carbonyl (C=O) groups excluding carboxylic acids is 1. The maximum atomic E-state index is 12.4. The third-order valence-electron chi connectivity index (χ3n) is 9.42. The molecule has 0 aliphatic rings. The zero-order chi connectivity index (χ0) is 37.8. The highest BCUT2D eigenvalue weighted by Crippen LogP contribution is 2.14. The lowest BCUT2D eigenvalue weighted by Crippen LogP contribution is -2.45. The highest BCUT2D eigenvalue weighted by Gasteiger charge is 2.19. The lowest BCUT2D eigenvalue weighted by atomic mass is 10.0. The summed E-state index contributed by atoms with van der Waals surface area (Å²) in [6.45, 7) is 4.20. The van der Waals surface area contributed by atoms with Crippen LogP contribution in [0.1, 0.15) is 194 Å². The molecule has 0 aromatic rings. The molecule has 0 aromatic carbocycles. The molecule has 4 heteroatoms. The van der Waals surface area contributed by atoms with Gasteiger partial charge in [-0.3, -0.25) is 4.79 Å². The Morgan fingerprint density at radius 3 is 1.27 bits per heavy atom. The molecule has 0 spiro atoms. The first-order chi connectivity index (χ1) is 25.7. The number of aliphatic hydroxyl groups excluding tert-OH is 2. The number of carbonyl (C=O) groups is 1. The highest BCUT2D eigenvalue weighted by atomic mass is 16.3. The molecule has 0 aromatic heterocycles. The topological polar surface area (TPSA) is 69.6 Å². The van der Waals surface area contributed by atoms with Crippen LogP contribution in [0.5, 0.6) is 0 Å². The molecule has 0 saturated carbocycles. The van der Waals surface area contributed by atoms with Crippen LogP contribution in [0.2, 0.25) is 0 Å². The zero-order valence-electron chi connectivity index (χ0n) is 34.0. The Kier molecular flexibility index (Phi) is 41.0. The van der Waals surface area contributed by atoms with E-state index in [9.17, 15) is 15.0 Å². The van der Waals surface area contributed by atoms with Gasteiger partial charge in [0.1, 0.15) is 0 Å². The number of rotatable bonds is 38. The van der Waals surface area contributed by atoms with Crippen molar-refractivity contribution in [3.63, 3.8) is 0 Å². The first-order valence-corrected chi connectivity index (χ1v) is 21.8. The summed E-state index contributed by atoms with van der Waals surface area (Å²) in [6.07, 6.45) is 62.3. The van der Waals surface area contributed by atoms with Gasteiger partial charge in [-0.05, 0) is 70.6 Å². The molecular formula is C48H83NO3. The van der Waals surface area contributed by atoms with E-state index in [1.54, 1.807) is 0 Å². The van der Waals surface area contributed by atoms with Crippen LogP contribution in [-0.4, -0.2) is 34.9 Å². The van der Waals surface area contributed by atoms with Gasteiger partial charge in [-0.25, -0.2) is 0 Å². The van der Waals surface area contributed by atoms with Gasteiger partial charge in [0.05, 0.1) is 18.8 Å². The number of amides is 1. The number of aliphatic hydroxyl groups is 2. The van der Waals surface area contributed by atoms with E-state index in [0.29, 0.717) is 12.8 Å². The van der Waals surface area contributed by atoms with E-state index in [1.807, 2.05) is 0 Å². The Morgan fingerprint density at radius 2 is 0.846 bits per heavy atom. The van der Waals surface area contributed by atoms with Gasteiger partial charge < -0.3 is 15.5 Å². The molecule has 4 nitrogen and oxygen atoms in total. The largest absolute Gasteiger partial charge is 0.394 e. The molecule has 298 valence electrons. The second-order valence-electron chi connectivity index (χ2n) is 14.4. The summed E-state index contributed by atoms with van der Waals surface area (Å²) in [5, 5.41) is 23.0. The fraction of sp³-hybridized carbons (Fsp3) is 0.688. The molecule has 2 unspecified atom stereocenters. The van der Waals surface area contributed by atoms with Crippen molar-refractivity contribution in [1.29, 1.82) is 0 Å². The van der Waals surface area contributed by atoms with Gasteiger partial charge in [0.25, 0.3) is 0 Å². The molecule has 0 aliphatic carbocycles. The van der Waals surface area contributed by atoms with E-state index in [1.165, 1.54) is 96.3 Å². The first-order valence-electron chi connectivity index (χ1n) is 21.8. The number of nitrogens with one attached hydrogen (secondary N) is 1. The first kappa shape index (κ1) is 49.6. The summed E-state index contributed by atoms with van der Waals surface area (Å²) in [4.78, 5) is 12.4. The number of allylic oxidation sites excluding steroid dienone is 14. The van der Waals surface area contributed by atoms with Crippen LogP contribution in [0, 0.1) is 0 Å². The van der Waals surface area contributed by atoms with Crippen LogP contribution in [0.25, 0.3) is 0 Å². The van der Waals surface area contributed by atoms with Crippen LogP contribution < -0.4 is 5.32 Å². The maximum absolute atomic E-state index is 12.4. The predicted octanol–water partition coefficient (Wildman–Crippen LogP) is 13.7. The van der Waals surface area contributed by atoms with Crippen molar-refractivity contribution < 1.29 is 15.0 Å². The third-order valence-corrected chi connectivity index (χ3v) is 9.42. The molecule has 0 rings (SSSR count). The van der Waals surface area contributed by atoms with E-state index in [4.69, 9.17) is 0 Å². The summed E-state index contributed by atoms with van der Waals surface area (Å²) in [5.74, 6) is -0.0448. The Balaban J connectivity index is 3.58. The number of unbranched alkanes of at least 4 members (excludes halogenated alkanes) is 17. The lowest BCUT2D eigenvalue weighted by molar-refractivity contribution is -0.123. The fourth-order valence-corrected chi connectivity index (χ4v) is 6.10. The van der Waals surface area contributed by atoms with Gasteiger partial charge in [-0.1, -0.05) is 202 Å². The minimum absolute atomic E-state index is 0.0448. The van der Waals surface area contributed by atoms with Gasteiger partial charge >= 0.3 is 0 Å². The standard InChI is InChI=1S/C48H83NO3/c1-3-5-7-9-11-13-14-15-16-17-18-19-20-21-22-23-24-25-26-27-28-29-30-31-32-33-34-36-38-40-42-44-48(52)49-46(45-50)47(51)43-41-39-37-35-12-10-8-6-4-2/h5,7,11,13,15-16,18-19,21-22,24-25,27-28,46-47,50-51H,3-4,6,8-10,12,14,17,20,23,26,29-45H2,1-2H3,(H,49,52)/b7-5-,13-11-,16-15-,19-18-,22-21-,25-24-,28-27-. The van der Waals surface area contributed by atoms with E-state index in [0.717, 1.165) is 70.6 Å². The van der Waals surface area contributed by atoms with Crippen LogP contribution in [-0.2, 0) is 4.79 Å². The lowest BCUT2D eigenvalue weighted by Gasteiger charge is -2.22. The van der Waals surface area contributed by atoms with Gasteiger partial charge in [0.2, 0.25) is 5.91 Å². The van der Waals surface area contributed by atoms with E-state index in [2.05, 4.69) is 104 Å². The Hall–Kier alpha value is -2.43. The van der Waals surface area contributed by atoms with Crippen molar-refractivity contribution in [1.82, 2.24) is 5.32 Å². The van der Waals surface area contributed by atoms with Crippen LogP contribution in [0.3, 0.4) is 0 Å². The molecule has 0 saturated heterocycles. The van der Waals surface area contributed by atoms with E-state index < -0.39 is 12.1 Å². The average Bonchev–Trinajstić information content (AvgIpc) is 3.15. The van der Waals surface area contributed by atoms with Crippen molar-refractivity contribution in [2.24, 2.45) is 0 Å². The zero-order valence-corrected chi connectivity index (χ0v) is 34.0. The molecule has 3 N–H and O–H groups in total. The van der Waals surface area contributed by atoms with Gasteiger partial charge in [0, 0.05) is 6.42 Å². The molecule has 1 amide bonds. The molecule has 0 bridgehead atoms. The summed E-state index contributed by atoms with van der Waals surface area (Å²) in [7, 11) is 0. The Labute approximate surface area is 322 Å². The molecule has 2 atom stereocenters. The predicted molar refractivity (Wildman–Crippen MR) is 230 cm³/mol. The Bertz CT molecular complexity index is 957. The Morgan fingerprint density at radius 1 is 0.481 bits per heavy atom. The summed E-state index contributed by atoms with van der Waals surface area (Å²) < 4.78 is 0. The van der Waals surface area contributed by atoms with Gasteiger partial charge in [0.15, 0.2) is 0 Å². The average molecular weight is 722 g/mol. The van der Waals surface area contributed by atoms with Crippen molar-refractivity contribution in [3.05, 3.63) is 85.1 Å². The van der Waals surface area contributed by atoms with E-state index in [-0.39, 0.29) is 12.5 Å². The quantitative estimate of drug-likeness (QED) is 0.0439. The molecule has 52 heavy (non-hydrogen) atoms. The molecule has 0 heterocycles. The van der Waals surface area contributed by atoms with Crippen molar-refractivity contribution in [3.8, 4) is 0 Å². The maximum Gasteiger partial charge on any atom is 0.220 e. The SMILES string of the molecule is CC/C=C\C/C=C\C/C=C\C/C=C\C/C=C\C/C=C\C/C=C\CCCCCCCCCCCC(=O)NC(CO)C(O)CCCCCCCCCCC. The van der Waals surface area contributed by atoms with Crippen molar-refractivity contribution in [2.45, 2.75) is 206 Å².